The molecule has 22 heavy (non-hydrogen) atoms. The van der Waals surface area contributed by atoms with Crippen LogP contribution in [0.5, 0.6) is 0 Å². The first kappa shape index (κ1) is 13.7. The van der Waals surface area contributed by atoms with E-state index in [2.05, 4.69) is 4.98 Å². The monoisotopic (exact) mass is 315 g/mol. The van der Waals surface area contributed by atoms with E-state index in [1.807, 2.05) is 18.2 Å². The fourth-order valence-electron chi connectivity index (χ4n) is 2.72. The maximum absolute atomic E-state index is 10.5. The Morgan fingerprint density at radius 3 is 2.45 bits per heavy atom. The molecule has 0 fully saturated rings. The average Bonchev–Trinajstić information content (AvgIpc) is 3.19. The number of aliphatic hydroxyl groups is 3. The van der Waals surface area contributed by atoms with Crippen molar-refractivity contribution in [3.63, 3.8) is 0 Å². The van der Waals surface area contributed by atoms with Crippen LogP contribution in [0.1, 0.15) is 39.7 Å². The predicted molar refractivity (Wildman–Crippen MR) is 80.3 cm³/mol. The summed E-state index contributed by atoms with van der Waals surface area (Å²) in [4.78, 5) is 5.06. The molecule has 112 valence electrons. The lowest BCUT2D eigenvalue weighted by Gasteiger charge is -2.24. The molecule has 3 N–H and O–H groups in total. The highest BCUT2D eigenvalue weighted by Gasteiger charge is 2.34. The normalized spacial score (nSPS) is 19.8. The number of fused-ring (bicyclic) bond motifs is 2. The summed E-state index contributed by atoms with van der Waals surface area (Å²) >= 11 is 1.29. The molecule has 4 rings (SSSR count). The maximum atomic E-state index is 10.5. The third-order valence-electron chi connectivity index (χ3n) is 3.80. The van der Waals surface area contributed by atoms with Crippen LogP contribution in [0, 0.1) is 0 Å². The Morgan fingerprint density at radius 2 is 1.77 bits per heavy atom. The van der Waals surface area contributed by atoms with Crippen LogP contribution in [-0.4, -0.2) is 20.3 Å². The molecular formula is C16H13NO4S. The fourth-order valence-corrected chi connectivity index (χ4v) is 3.78. The molecule has 5 nitrogen and oxygen atoms in total. The highest BCUT2D eigenvalue weighted by molar-refractivity contribution is 7.15. The third kappa shape index (κ3) is 1.93. The van der Waals surface area contributed by atoms with Crippen LogP contribution in [0.15, 0.2) is 40.8 Å². The van der Waals surface area contributed by atoms with Gasteiger partial charge in [-0.1, -0.05) is 24.3 Å². The number of hydrogen-bond acceptors (Lipinski definition) is 6. The van der Waals surface area contributed by atoms with Gasteiger partial charge in [0.25, 0.3) is 0 Å². The Morgan fingerprint density at radius 1 is 1.05 bits per heavy atom. The zero-order chi connectivity index (χ0) is 15.3. The second-order valence-corrected chi connectivity index (χ2v) is 6.16. The molecule has 1 aromatic carbocycles. The number of aliphatic hydroxyl groups excluding tert-OH is 3. The molecule has 0 amide bonds. The van der Waals surface area contributed by atoms with Gasteiger partial charge in [0.1, 0.15) is 24.6 Å². The largest absolute Gasteiger partial charge is 0.456 e. The molecule has 0 spiro atoms. The Balaban J connectivity index is 1.82. The molecule has 3 aromatic rings. The van der Waals surface area contributed by atoms with Crippen LogP contribution in [0.25, 0.3) is 10.8 Å². The maximum Gasteiger partial charge on any atom is 0.163 e. The summed E-state index contributed by atoms with van der Waals surface area (Å²) in [7, 11) is 0. The Bertz CT molecular complexity index is 792. The highest BCUT2D eigenvalue weighted by atomic mass is 32.1. The van der Waals surface area contributed by atoms with Crippen LogP contribution in [0.3, 0.4) is 0 Å². The minimum atomic E-state index is -0.855. The Kier molecular flexibility index (Phi) is 3.12. The third-order valence-corrected chi connectivity index (χ3v) is 4.94. The molecule has 0 aliphatic heterocycles. The van der Waals surface area contributed by atoms with Crippen molar-refractivity contribution in [3.8, 4) is 10.8 Å². The van der Waals surface area contributed by atoms with Gasteiger partial charge in [-0.15, -0.1) is 11.3 Å². The summed E-state index contributed by atoms with van der Waals surface area (Å²) in [5.74, 6) is 0.972. The van der Waals surface area contributed by atoms with Crippen LogP contribution >= 0.6 is 11.3 Å². The van der Waals surface area contributed by atoms with Gasteiger partial charge < -0.3 is 19.7 Å². The number of thiazole rings is 1. The smallest absolute Gasteiger partial charge is 0.163 e. The van der Waals surface area contributed by atoms with Gasteiger partial charge in [-0.3, -0.25) is 0 Å². The molecule has 6 heteroatoms. The summed E-state index contributed by atoms with van der Waals surface area (Å²) in [6.45, 7) is -0.179. The van der Waals surface area contributed by atoms with Crippen molar-refractivity contribution in [3.05, 3.63) is 63.9 Å². The number of aromatic nitrogens is 1. The van der Waals surface area contributed by atoms with Crippen molar-refractivity contribution >= 4 is 11.3 Å². The molecule has 2 atom stereocenters. The molecule has 2 unspecified atom stereocenters. The minimum Gasteiger partial charge on any atom is -0.456 e. The topological polar surface area (TPSA) is 86.7 Å². The fraction of sp³-hybridized carbons (Fsp3) is 0.188. The molecule has 2 aromatic heterocycles. The number of nitrogens with zero attached hydrogens (tertiary/aromatic N) is 1. The van der Waals surface area contributed by atoms with E-state index in [0.717, 1.165) is 0 Å². The first-order chi connectivity index (χ1) is 10.7. The molecule has 2 heterocycles. The van der Waals surface area contributed by atoms with Crippen molar-refractivity contribution in [2.45, 2.75) is 18.8 Å². The van der Waals surface area contributed by atoms with E-state index in [0.29, 0.717) is 38.2 Å². The predicted octanol–water partition coefficient (Wildman–Crippen LogP) is 2.37. The Labute approximate surface area is 130 Å². The Hall–Kier alpha value is -1.99. The summed E-state index contributed by atoms with van der Waals surface area (Å²) in [5.41, 5.74) is 1.84. The molecule has 0 bridgehead atoms. The number of benzene rings is 1. The van der Waals surface area contributed by atoms with Crippen LogP contribution < -0.4 is 0 Å². The van der Waals surface area contributed by atoms with Gasteiger partial charge in [0, 0.05) is 0 Å². The lowest BCUT2D eigenvalue weighted by atomic mass is 9.89. The van der Waals surface area contributed by atoms with E-state index in [1.54, 1.807) is 18.2 Å². The van der Waals surface area contributed by atoms with E-state index >= 15 is 0 Å². The average molecular weight is 315 g/mol. The SMILES string of the molecule is OCc1ccc(-c2nc3c(s2)C(O)c2ccccc2C3O)o1. The molecule has 0 radical (unpaired) electrons. The lowest BCUT2D eigenvalue weighted by Crippen LogP contribution is -2.16. The number of rotatable bonds is 2. The van der Waals surface area contributed by atoms with E-state index in [9.17, 15) is 10.2 Å². The standard InChI is InChI=1S/C16H13NO4S/c18-7-8-5-6-11(21-8)16-17-12-13(19)9-3-1-2-4-10(9)14(20)15(12)22-16/h1-6,13-14,18-20H,7H2. The number of hydrogen-bond donors (Lipinski definition) is 3. The van der Waals surface area contributed by atoms with E-state index in [1.165, 1.54) is 11.3 Å². The van der Waals surface area contributed by atoms with Crippen LogP contribution in [0.2, 0.25) is 0 Å². The van der Waals surface area contributed by atoms with Gasteiger partial charge in [0.15, 0.2) is 10.8 Å². The quantitative estimate of drug-likeness (QED) is 0.676. The summed E-state index contributed by atoms with van der Waals surface area (Å²) < 4.78 is 5.48. The second-order valence-electron chi connectivity index (χ2n) is 5.13. The first-order valence-corrected chi connectivity index (χ1v) is 7.66. The zero-order valence-corrected chi connectivity index (χ0v) is 12.2. The van der Waals surface area contributed by atoms with E-state index < -0.39 is 12.2 Å². The van der Waals surface area contributed by atoms with E-state index in [-0.39, 0.29) is 6.61 Å². The van der Waals surface area contributed by atoms with Crippen molar-refractivity contribution < 1.29 is 19.7 Å². The molecule has 1 aliphatic rings. The van der Waals surface area contributed by atoms with Crippen LogP contribution in [-0.2, 0) is 6.61 Å². The molecule has 0 saturated heterocycles. The summed E-state index contributed by atoms with van der Waals surface area (Å²) in [6.07, 6.45) is -1.65. The lowest BCUT2D eigenvalue weighted by molar-refractivity contribution is 0.173. The van der Waals surface area contributed by atoms with Gasteiger partial charge >= 0.3 is 0 Å². The van der Waals surface area contributed by atoms with Gasteiger partial charge in [-0.2, -0.15) is 0 Å². The van der Waals surface area contributed by atoms with Gasteiger partial charge in [-0.25, -0.2) is 4.98 Å². The summed E-state index contributed by atoms with van der Waals surface area (Å²) in [5, 5.41) is 30.7. The van der Waals surface area contributed by atoms with E-state index in [4.69, 9.17) is 9.52 Å². The van der Waals surface area contributed by atoms with Gasteiger partial charge in [0.05, 0.1) is 10.6 Å². The van der Waals surface area contributed by atoms with Gasteiger partial charge in [0.2, 0.25) is 0 Å². The molecule has 1 aliphatic carbocycles. The van der Waals surface area contributed by atoms with Crippen molar-refractivity contribution in [2.75, 3.05) is 0 Å². The second kappa shape index (κ2) is 5.03. The van der Waals surface area contributed by atoms with Crippen molar-refractivity contribution in [1.29, 1.82) is 0 Å². The van der Waals surface area contributed by atoms with Crippen molar-refractivity contribution in [1.82, 2.24) is 4.98 Å². The summed E-state index contributed by atoms with van der Waals surface area (Å²) in [6, 6.07) is 10.7. The van der Waals surface area contributed by atoms with Crippen LogP contribution in [0.4, 0.5) is 0 Å². The molecular weight excluding hydrogens is 302 g/mol. The minimum absolute atomic E-state index is 0.179. The van der Waals surface area contributed by atoms with Crippen molar-refractivity contribution in [2.24, 2.45) is 0 Å². The number of furan rings is 1. The highest BCUT2D eigenvalue weighted by Crippen LogP contribution is 2.45. The van der Waals surface area contributed by atoms with Gasteiger partial charge in [-0.05, 0) is 23.3 Å². The first-order valence-electron chi connectivity index (χ1n) is 6.84. The molecule has 0 saturated carbocycles. The zero-order valence-electron chi connectivity index (χ0n) is 11.4.